The van der Waals surface area contributed by atoms with Crippen LogP contribution in [0.3, 0.4) is 0 Å². The Balaban J connectivity index is 0.000000807. The minimum Gasteiger partial charge on any atom is -0.356 e. The van der Waals surface area contributed by atoms with Crippen LogP contribution in [-0.4, -0.2) is 41.1 Å². The third-order valence-corrected chi connectivity index (χ3v) is 4.84. The molecule has 124 valence electrons. The molecule has 0 spiro atoms. The average Bonchev–Trinajstić information content (AvgIpc) is 3.11. The van der Waals surface area contributed by atoms with Crippen molar-refractivity contribution in [3.63, 3.8) is 0 Å². The molecule has 0 radical (unpaired) electrons. The molecule has 6 heteroatoms. The Hall–Kier alpha value is -1.33. The molecular weight excluding hydrogens is 298 g/mol. The summed E-state index contributed by atoms with van der Waals surface area (Å²) < 4.78 is 0. The Labute approximate surface area is 139 Å². The Morgan fingerprint density at radius 2 is 1.82 bits per heavy atom. The van der Waals surface area contributed by atoms with Gasteiger partial charge in [0.2, 0.25) is 0 Å². The molecule has 2 fully saturated rings. The molecule has 4 rings (SSSR count). The Kier molecular flexibility index (Phi) is 6.20. The second kappa shape index (κ2) is 7.29. The van der Waals surface area contributed by atoms with Gasteiger partial charge in [-0.15, -0.1) is 12.4 Å². The number of rotatable bonds is 2. The summed E-state index contributed by atoms with van der Waals surface area (Å²) in [6, 6.07) is 2.68. The van der Waals surface area contributed by atoms with Crippen LogP contribution in [0.25, 0.3) is 11.0 Å². The number of fused-ring (bicyclic) bond motifs is 2. The molecule has 22 heavy (non-hydrogen) atoms. The van der Waals surface area contributed by atoms with Gasteiger partial charge in [-0.05, 0) is 43.8 Å². The van der Waals surface area contributed by atoms with E-state index in [4.69, 9.17) is 0 Å². The maximum Gasteiger partial charge on any atom is 0.142 e. The van der Waals surface area contributed by atoms with E-state index in [9.17, 15) is 0 Å². The van der Waals surface area contributed by atoms with E-state index in [2.05, 4.69) is 38.3 Å². The maximum absolute atomic E-state index is 4.50. The Morgan fingerprint density at radius 1 is 1.14 bits per heavy atom. The fourth-order valence-corrected chi connectivity index (χ4v) is 3.76. The number of hydrogen-bond acceptors (Lipinski definition) is 4. The lowest BCUT2D eigenvalue weighted by molar-refractivity contribution is 0.494. The normalized spacial score (nSPS) is 25.8. The highest BCUT2D eigenvalue weighted by Crippen LogP contribution is 2.38. The molecule has 1 saturated heterocycles. The molecule has 3 atom stereocenters. The lowest BCUT2D eigenvalue weighted by atomic mass is 10.0. The lowest BCUT2D eigenvalue weighted by Gasteiger charge is -2.26. The van der Waals surface area contributed by atoms with E-state index >= 15 is 0 Å². The molecule has 1 unspecified atom stereocenters. The minimum absolute atomic E-state index is 0. The van der Waals surface area contributed by atoms with Crippen molar-refractivity contribution in [3.8, 4) is 0 Å². The first-order chi connectivity index (χ1) is 9.33. The third kappa shape index (κ3) is 2.92. The molecule has 2 aromatic heterocycles. The third-order valence-electron chi connectivity index (χ3n) is 4.84. The van der Waals surface area contributed by atoms with Gasteiger partial charge in [-0.1, -0.05) is 14.9 Å². The molecule has 2 N–H and O–H groups in total. The van der Waals surface area contributed by atoms with Crippen molar-refractivity contribution in [2.75, 3.05) is 25.0 Å². The van der Waals surface area contributed by atoms with Gasteiger partial charge >= 0.3 is 0 Å². The topological polar surface area (TPSA) is 56.8 Å². The molecule has 5 nitrogen and oxygen atoms in total. The first-order valence-electron chi connectivity index (χ1n) is 7.04. The van der Waals surface area contributed by atoms with E-state index in [1.54, 1.807) is 6.33 Å². The summed E-state index contributed by atoms with van der Waals surface area (Å²) in [7, 11) is 2.17. The van der Waals surface area contributed by atoms with Gasteiger partial charge in [0.25, 0.3) is 0 Å². The van der Waals surface area contributed by atoms with Gasteiger partial charge in [-0.3, -0.25) is 0 Å². The molecular formula is C16H28ClN5. The maximum atomic E-state index is 4.50. The molecule has 1 aliphatic carbocycles. The van der Waals surface area contributed by atoms with Crippen LogP contribution in [0.2, 0.25) is 0 Å². The van der Waals surface area contributed by atoms with Crippen molar-refractivity contribution < 1.29 is 0 Å². The number of H-pyrrole nitrogens is 1. The summed E-state index contributed by atoms with van der Waals surface area (Å²) in [5.74, 6) is 2.77. The van der Waals surface area contributed by atoms with Crippen molar-refractivity contribution in [2.45, 2.75) is 33.7 Å². The average molecular weight is 326 g/mol. The highest BCUT2D eigenvalue weighted by Gasteiger charge is 2.39. The van der Waals surface area contributed by atoms with Crippen LogP contribution < -0.4 is 10.2 Å². The van der Waals surface area contributed by atoms with E-state index in [1.807, 2.05) is 6.20 Å². The number of anilines is 1. The fraction of sp³-hybridized carbons (Fsp3) is 0.625. The summed E-state index contributed by atoms with van der Waals surface area (Å²) in [4.78, 5) is 14.3. The van der Waals surface area contributed by atoms with Gasteiger partial charge in [-0.2, -0.15) is 0 Å². The van der Waals surface area contributed by atoms with Crippen molar-refractivity contribution in [1.29, 1.82) is 0 Å². The largest absolute Gasteiger partial charge is 0.356 e. The number of aromatic amines is 1. The minimum atomic E-state index is 0. The number of halogens is 1. The number of aromatic nitrogens is 3. The molecule has 3 heterocycles. The zero-order valence-electron chi connectivity index (χ0n) is 11.5. The monoisotopic (exact) mass is 325 g/mol. The van der Waals surface area contributed by atoms with E-state index in [0.29, 0.717) is 6.04 Å². The summed E-state index contributed by atoms with van der Waals surface area (Å²) in [6.45, 7) is 2.39. The lowest BCUT2D eigenvalue weighted by Crippen LogP contribution is -2.31. The SMILES string of the molecule is C.C.CN(c1ncnc2[nH]ccc12)C1C[C@H]2CNC[C@H]2C1.Cl. The molecule has 0 aromatic carbocycles. The van der Waals surface area contributed by atoms with Crippen molar-refractivity contribution in [3.05, 3.63) is 18.6 Å². The predicted octanol–water partition coefficient (Wildman–Crippen LogP) is 3.09. The number of nitrogens with zero attached hydrogens (tertiary/aromatic N) is 3. The molecule has 2 aromatic rings. The van der Waals surface area contributed by atoms with E-state index < -0.39 is 0 Å². The first-order valence-corrected chi connectivity index (χ1v) is 7.04. The summed E-state index contributed by atoms with van der Waals surface area (Å²) in [6.07, 6.45) is 6.15. The van der Waals surface area contributed by atoms with Crippen LogP contribution in [0.4, 0.5) is 5.82 Å². The fourth-order valence-electron chi connectivity index (χ4n) is 3.76. The summed E-state index contributed by atoms with van der Waals surface area (Å²) >= 11 is 0. The summed E-state index contributed by atoms with van der Waals surface area (Å²) in [5.41, 5.74) is 0.928. The predicted molar refractivity (Wildman–Crippen MR) is 95.9 cm³/mol. The van der Waals surface area contributed by atoms with Crippen molar-refractivity contribution >= 4 is 29.3 Å². The van der Waals surface area contributed by atoms with E-state index in [1.165, 1.54) is 25.9 Å². The van der Waals surface area contributed by atoms with Gasteiger partial charge in [0.15, 0.2) is 0 Å². The van der Waals surface area contributed by atoms with Crippen LogP contribution in [-0.2, 0) is 0 Å². The van der Waals surface area contributed by atoms with E-state index in [-0.39, 0.29) is 27.3 Å². The van der Waals surface area contributed by atoms with Crippen LogP contribution in [0.5, 0.6) is 0 Å². The van der Waals surface area contributed by atoms with Crippen LogP contribution >= 0.6 is 12.4 Å². The van der Waals surface area contributed by atoms with Crippen molar-refractivity contribution in [1.82, 2.24) is 20.3 Å². The molecule has 0 amide bonds. The zero-order chi connectivity index (χ0) is 12.8. The second-order valence-corrected chi connectivity index (χ2v) is 5.85. The number of hydrogen-bond donors (Lipinski definition) is 2. The first kappa shape index (κ1) is 18.7. The molecule has 2 aliphatic rings. The van der Waals surface area contributed by atoms with Gasteiger partial charge in [0, 0.05) is 19.3 Å². The van der Waals surface area contributed by atoms with Gasteiger partial charge in [0.05, 0.1) is 5.39 Å². The Morgan fingerprint density at radius 3 is 2.50 bits per heavy atom. The highest BCUT2D eigenvalue weighted by atomic mass is 35.5. The quantitative estimate of drug-likeness (QED) is 0.891. The second-order valence-electron chi connectivity index (χ2n) is 5.85. The van der Waals surface area contributed by atoms with Gasteiger partial charge in [-0.25, -0.2) is 9.97 Å². The number of nitrogens with one attached hydrogen (secondary N) is 2. The smallest absolute Gasteiger partial charge is 0.142 e. The van der Waals surface area contributed by atoms with Crippen LogP contribution in [0.1, 0.15) is 27.7 Å². The zero-order valence-corrected chi connectivity index (χ0v) is 12.4. The standard InChI is InChI=1S/C14H19N5.2CH4.ClH/c1-19(11-4-9-6-15-7-10(9)5-11)14-12-2-3-16-13(12)17-8-18-14;;;/h2-3,8-11,15H,4-7H2,1H3,(H,16,17,18);2*1H4;1H/t9-,10+,11?;;;. The summed E-state index contributed by atoms with van der Waals surface area (Å²) in [5, 5.41) is 4.63. The van der Waals surface area contributed by atoms with Crippen molar-refractivity contribution in [2.24, 2.45) is 11.8 Å². The van der Waals surface area contributed by atoms with Crippen LogP contribution in [0, 0.1) is 11.8 Å². The van der Waals surface area contributed by atoms with Crippen LogP contribution in [0.15, 0.2) is 18.6 Å². The van der Waals surface area contributed by atoms with Gasteiger partial charge in [0.1, 0.15) is 17.8 Å². The molecule has 1 aliphatic heterocycles. The van der Waals surface area contributed by atoms with E-state index in [0.717, 1.165) is 28.7 Å². The highest BCUT2D eigenvalue weighted by molar-refractivity contribution is 5.87. The molecule has 1 saturated carbocycles. The molecule has 0 bridgehead atoms. The van der Waals surface area contributed by atoms with Gasteiger partial charge < -0.3 is 15.2 Å². The Bertz CT molecular complexity index is 587.